The minimum atomic E-state index is -0.215. The summed E-state index contributed by atoms with van der Waals surface area (Å²) in [6.07, 6.45) is 2.79. The molecule has 0 amide bonds. The van der Waals surface area contributed by atoms with Crippen LogP contribution in [0.4, 0.5) is 0 Å². The second kappa shape index (κ2) is 6.75. The summed E-state index contributed by atoms with van der Waals surface area (Å²) in [6, 6.07) is 13.4. The van der Waals surface area contributed by atoms with Crippen LogP contribution < -0.4 is 4.74 Å². The molecule has 0 aliphatic rings. The lowest BCUT2D eigenvalue weighted by Gasteiger charge is -2.09. The van der Waals surface area contributed by atoms with Crippen molar-refractivity contribution >= 4 is 5.78 Å². The Morgan fingerprint density at radius 3 is 2.38 bits per heavy atom. The molecular formula is C18H18O3. The number of aliphatic hydroxyl groups is 1. The summed E-state index contributed by atoms with van der Waals surface area (Å²) < 4.78 is 5.33. The Balaban J connectivity index is 2.32. The van der Waals surface area contributed by atoms with Gasteiger partial charge in [0.1, 0.15) is 5.75 Å². The van der Waals surface area contributed by atoms with Crippen molar-refractivity contribution in [3.05, 3.63) is 65.9 Å². The first-order chi connectivity index (χ1) is 10.2. The molecule has 0 aliphatic heterocycles. The maximum Gasteiger partial charge on any atom is 0.188 e. The lowest BCUT2D eigenvalue weighted by molar-refractivity contribution is 0.104. The molecule has 21 heavy (non-hydrogen) atoms. The van der Waals surface area contributed by atoms with Gasteiger partial charge in [0.2, 0.25) is 0 Å². The first kappa shape index (κ1) is 14.9. The zero-order chi connectivity index (χ0) is 15.2. The van der Waals surface area contributed by atoms with Crippen LogP contribution >= 0.6 is 0 Å². The predicted octanol–water partition coefficient (Wildman–Crippen LogP) is 4.18. The molecule has 0 aromatic heterocycles. The van der Waals surface area contributed by atoms with Crippen LogP contribution in [0.2, 0.25) is 0 Å². The van der Waals surface area contributed by atoms with Crippen molar-refractivity contribution in [2.45, 2.75) is 13.3 Å². The van der Waals surface area contributed by atoms with Crippen LogP contribution in [0.5, 0.6) is 5.75 Å². The molecule has 2 aromatic rings. The van der Waals surface area contributed by atoms with Gasteiger partial charge in [0.25, 0.3) is 0 Å². The van der Waals surface area contributed by atoms with Gasteiger partial charge in [-0.05, 0) is 35.2 Å². The lowest BCUT2D eigenvalue weighted by atomic mass is 9.99. The van der Waals surface area contributed by atoms with Crippen molar-refractivity contribution in [1.82, 2.24) is 0 Å². The summed E-state index contributed by atoms with van der Waals surface area (Å²) in [5.41, 5.74) is 3.83. The van der Waals surface area contributed by atoms with Crippen LogP contribution in [0.15, 0.2) is 54.8 Å². The Hall–Kier alpha value is -2.55. The second-order valence-corrected chi connectivity index (χ2v) is 4.64. The minimum absolute atomic E-state index is 0.215. The van der Waals surface area contributed by atoms with Gasteiger partial charge in [-0.2, -0.15) is 0 Å². The third-order valence-electron chi connectivity index (χ3n) is 3.39. The number of hydrogen-bond donors (Lipinski definition) is 1. The molecule has 2 aromatic carbocycles. The third-order valence-corrected chi connectivity index (χ3v) is 3.39. The second-order valence-electron chi connectivity index (χ2n) is 4.64. The summed E-state index contributed by atoms with van der Waals surface area (Å²) in [7, 11) is 1.67. The first-order valence-electron chi connectivity index (χ1n) is 6.82. The zero-order valence-electron chi connectivity index (χ0n) is 12.2. The Kier molecular flexibility index (Phi) is 4.77. The number of carbonyl (C=O) groups is 1. The highest BCUT2D eigenvalue weighted by Gasteiger charge is 2.06. The minimum Gasteiger partial charge on any atom is -0.515 e. The zero-order valence-corrected chi connectivity index (χ0v) is 12.2. The van der Waals surface area contributed by atoms with Gasteiger partial charge in [-0.1, -0.05) is 37.3 Å². The number of ketones is 1. The topological polar surface area (TPSA) is 46.5 Å². The maximum absolute atomic E-state index is 11.6. The third kappa shape index (κ3) is 3.31. The van der Waals surface area contributed by atoms with Gasteiger partial charge < -0.3 is 9.84 Å². The van der Waals surface area contributed by atoms with Gasteiger partial charge in [0.05, 0.1) is 13.4 Å². The summed E-state index contributed by atoms with van der Waals surface area (Å²) in [6.45, 7) is 2.09. The standard InChI is InChI=1S/C18H18O3/c1-3-13-12-16(8-9-18(13)21-2)14-4-6-15(7-5-14)17(20)10-11-19/h4-12,19H,3H2,1-2H3. The Bertz CT molecular complexity index is 655. The monoisotopic (exact) mass is 282 g/mol. The van der Waals surface area contributed by atoms with Crippen LogP contribution in [0.1, 0.15) is 22.8 Å². The number of aryl methyl sites for hydroxylation is 1. The van der Waals surface area contributed by atoms with Crippen molar-refractivity contribution in [2.24, 2.45) is 0 Å². The van der Waals surface area contributed by atoms with E-state index in [0.717, 1.165) is 41.2 Å². The number of aliphatic hydroxyl groups excluding tert-OH is 1. The first-order valence-corrected chi connectivity index (χ1v) is 6.82. The Morgan fingerprint density at radius 1 is 1.14 bits per heavy atom. The Labute approximate surface area is 124 Å². The summed E-state index contributed by atoms with van der Waals surface area (Å²) in [5.74, 6) is 0.675. The van der Waals surface area contributed by atoms with Crippen LogP contribution in [-0.2, 0) is 6.42 Å². The molecule has 0 bridgehead atoms. The molecule has 0 fully saturated rings. The number of rotatable bonds is 5. The highest BCUT2D eigenvalue weighted by molar-refractivity contribution is 6.04. The van der Waals surface area contributed by atoms with E-state index in [2.05, 4.69) is 13.0 Å². The fourth-order valence-electron chi connectivity index (χ4n) is 2.23. The van der Waals surface area contributed by atoms with E-state index >= 15 is 0 Å². The van der Waals surface area contributed by atoms with Gasteiger partial charge in [-0.3, -0.25) is 4.79 Å². The van der Waals surface area contributed by atoms with E-state index < -0.39 is 0 Å². The number of carbonyl (C=O) groups excluding carboxylic acids is 1. The highest BCUT2D eigenvalue weighted by Crippen LogP contribution is 2.27. The highest BCUT2D eigenvalue weighted by atomic mass is 16.5. The number of methoxy groups -OCH3 is 1. The summed E-state index contributed by atoms with van der Waals surface area (Å²) in [5, 5.41) is 8.62. The predicted molar refractivity (Wildman–Crippen MR) is 83.9 cm³/mol. The van der Waals surface area contributed by atoms with E-state index in [-0.39, 0.29) is 5.78 Å². The number of benzene rings is 2. The van der Waals surface area contributed by atoms with Crippen LogP contribution in [0.25, 0.3) is 11.1 Å². The van der Waals surface area contributed by atoms with Crippen LogP contribution in [-0.4, -0.2) is 18.0 Å². The summed E-state index contributed by atoms with van der Waals surface area (Å²) in [4.78, 5) is 11.6. The number of hydrogen-bond acceptors (Lipinski definition) is 3. The van der Waals surface area contributed by atoms with Gasteiger partial charge >= 0.3 is 0 Å². The average molecular weight is 282 g/mol. The molecule has 0 aliphatic carbocycles. The Morgan fingerprint density at radius 2 is 1.81 bits per heavy atom. The molecule has 0 atom stereocenters. The van der Waals surface area contributed by atoms with E-state index in [1.807, 2.05) is 24.3 Å². The maximum atomic E-state index is 11.6. The molecule has 0 heterocycles. The molecule has 108 valence electrons. The van der Waals surface area contributed by atoms with Gasteiger partial charge in [0, 0.05) is 11.6 Å². The van der Waals surface area contributed by atoms with Crippen molar-refractivity contribution in [3.63, 3.8) is 0 Å². The molecule has 2 rings (SSSR count). The van der Waals surface area contributed by atoms with Gasteiger partial charge in [-0.25, -0.2) is 0 Å². The lowest BCUT2D eigenvalue weighted by Crippen LogP contribution is -1.94. The molecular weight excluding hydrogens is 264 g/mol. The number of ether oxygens (including phenoxy) is 1. The number of allylic oxidation sites excluding steroid dienone is 1. The molecule has 3 heteroatoms. The van der Waals surface area contributed by atoms with E-state index in [1.165, 1.54) is 0 Å². The van der Waals surface area contributed by atoms with Crippen LogP contribution in [0.3, 0.4) is 0 Å². The van der Waals surface area contributed by atoms with Gasteiger partial charge in [-0.15, -0.1) is 0 Å². The quantitative estimate of drug-likeness (QED) is 0.508. The largest absolute Gasteiger partial charge is 0.515 e. The SMILES string of the molecule is CCc1cc(-c2ccc(C(=O)C=CO)cc2)ccc1OC. The molecule has 0 saturated heterocycles. The molecule has 3 nitrogen and oxygen atoms in total. The van der Waals surface area contributed by atoms with Crippen LogP contribution in [0, 0.1) is 0 Å². The molecule has 0 unspecified atom stereocenters. The smallest absolute Gasteiger partial charge is 0.188 e. The normalized spacial score (nSPS) is 10.8. The van der Waals surface area contributed by atoms with Crippen molar-refractivity contribution in [2.75, 3.05) is 7.11 Å². The van der Waals surface area contributed by atoms with E-state index in [0.29, 0.717) is 5.56 Å². The average Bonchev–Trinajstić information content (AvgIpc) is 2.54. The van der Waals surface area contributed by atoms with Crippen molar-refractivity contribution < 1.29 is 14.6 Å². The molecule has 1 N–H and O–H groups in total. The van der Waals surface area contributed by atoms with Crippen molar-refractivity contribution in [1.29, 1.82) is 0 Å². The molecule has 0 saturated carbocycles. The summed E-state index contributed by atoms with van der Waals surface area (Å²) >= 11 is 0. The molecule has 0 radical (unpaired) electrons. The molecule has 0 spiro atoms. The van der Waals surface area contributed by atoms with Crippen molar-refractivity contribution in [3.8, 4) is 16.9 Å². The van der Waals surface area contributed by atoms with E-state index in [9.17, 15) is 4.79 Å². The van der Waals surface area contributed by atoms with E-state index in [4.69, 9.17) is 9.84 Å². The fraction of sp³-hybridized carbons (Fsp3) is 0.167. The van der Waals surface area contributed by atoms with E-state index in [1.54, 1.807) is 19.2 Å². The fourth-order valence-corrected chi connectivity index (χ4v) is 2.23. The van der Waals surface area contributed by atoms with Gasteiger partial charge in [0.15, 0.2) is 5.78 Å².